The van der Waals surface area contributed by atoms with Crippen LogP contribution in [-0.4, -0.2) is 9.78 Å². The van der Waals surface area contributed by atoms with Gasteiger partial charge in [-0.15, -0.1) is 0 Å². The lowest BCUT2D eigenvalue weighted by Gasteiger charge is -2.03. The number of rotatable bonds is 3. The van der Waals surface area contributed by atoms with Gasteiger partial charge in [-0.1, -0.05) is 23.7 Å². The molecule has 0 bridgehead atoms. The summed E-state index contributed by atoms with van der Waals surface area (Å²) in [6, 6.07) is 15.4. The second-order valence-electron chi connectivity index (χ2n) is 4.52. The van der Waals surface area contributed by atoms with E-state index in [-0.39, 0.29) is 0 Å². The third-order valence-electron chi connectivity index (χ3n) is 2.88. The van der Waals surface area contributed by atoms with Gasteiger partial charge in [0.25, 0.3) is 0 Å². The van der Waals surface area contributed by atoms with E-state index < -0.39 is 0 Å². The van der Waals surface area contributed by atoms with Gasteiger partial charge in [0.2, 0.25) is 0 Å². The SMILES string of the molecule is Cc1cccc(Oc2cnn(-c3ccc(Cl)cc3)c2)c1. The van der Waals surface area contributed by atoms with Crippen molar-refractivity contribution in [2.45, 2.75) is 6.92 Å². The number of hydrogen-bond donors (Lipinski definition) is 0. The van der Waals surface area contributed by atoms with Gasteiger partial charge in [-0.25, -0.2) is 4.68 Å². The summed E-state index contributed by atoms with van der Waals surface area (Å²) < 4.78 is 7.53. The summed E-state index contributed by atoms with van der Waals surface area (Å²) in [6.45, 7) is 2.03. The quantitative estimate of drug-likeness (QED) is 0.701. The minimum Gasteiger partial charge on any atom is -0.454 e. The van der Waals surface area contributed by atoms with Crippen LogP contribution in [0.5, 0.6) is 11.5 Å². The Morgan fingerprint density at radius 2 is 1.85 bits per heavy atom. The molecule has 3 aromatic rings. The van der Waals surface area contributed by atoms with Crippen molar-refractivity contribution in [3.8, 4) is 17.2 Å². The Morgan fingerprint density at radius 3 is 2.60 bits per heavy atom. The molecule has 3 rings (SSSR count). The van der Waals surface area contributed by atoms with Gasteiger partial charge in [-0.2, -0.15) is 5.10 Å². The Labute approximate surface area is 122 Å². The lowest BCUT2D eigenvalue weighted by Crippen LogP contribution is -1.92. The molecule has 100 valence electrons. The zero-order valence-corrected chi connectivity index (χ0v) is 11.7. The molecule has 0 aliphatic carbocycles. The fourth-order valence-electron chi connectivity index (χ4n) is 1.91. The summed E-state index contributed by atoms with van der Waals surface area (Å²) in [5.41, 5.74) is 2.10. The van der Waals surface area contributed by atoms with Crippen molar-refractivity contribution < 1.29 is 4.74 Å². The van der Waals surface area contributed by atoms with Crippen LogP contribution in [0.2, 0.25) is 5.02 Å². The van der Waals surface area contributed by atoms with Crippen LogP contribution in [0.25, 0.3) is 5.69 Å². The third-order valence-corrected chi connectivity index (χ3v) is 3.13. The lowest BCUT2D eigenvalue weighted by molar-refractivity contribution is 0.482. The molecule has 0 fully saturated rings. The van der Waals surface area contributed by atoms with Gasteiger partial charge < -0.3 is 4.74 Å². The molecular weight excluding hydrogens is 272 g/mol. The first-order chi connectivity index (χ1) is 9.70. The zero-order valence-electron chi connectivity index (χ0n) is 11.0. The predicted molar refractivity (Wildman–Crippen MR) is 79.8 cm³/mol. The van der Waals surface area contributed by atoms with Crippen molar-refractivity contribution in [1.29, 1.82) is 0 Å². The average Bonchev–Trinajstić information content (AvgIpc) is 2.88. The number of hydrogen-bond acceptors (Lipinski definition) is 2. The van der Waals surface area contributed by atoms with E-state index in [1.165, 1.54) is 0 Å². The molecule has 0 aliphatic rings. The van der Waals surface area contributed by atoms with E-state index in [0.29, 0.717) is 10.8 Å². The highest BCUT2D eigenvalue weighted by Crippen LogP contribution is 2.23. The smallest absolute Gasteiger partial charge is 0.165 e. The number of halogens is 1. The zero-order chi connectivity index (χ0) is 13.9. The monoisotopic (exact) mass is 284 g/mol. The largest absolute Gasteiger partial charge is 0.454 e. The van der Waals surface area contributed by atoms with E-state index in [9.17, 15) is 0 Å². The van der Waals surface area contributed by atoms with Gasteiger partial charge in [-0.3, -0.25) is 0 Å². The van der Waals surface area contributed by atoms with Gasteiger partial charge in [0.15, 0.2) is 5.75 Å². The van der Waals surface area contributed by atoms with Crippen LogP contribution in [0.4, 0.5) is 0 Å². The molecule has 1 aromatic heterocycles. The van der Waals surface area contributed by atoms with Crippen molar-refractivity contribution in [2.24, 2.45) is 0 Å². The first-order valence-electron chi connectivity index (χ1n) is 6.26. The second kappa shape index (κ2) is 5.39. The normalized spacial score (nSPS) is 10.5. The Kier molecular flexibility index (Phi) is 3.44. The van der Waals surface area contributed by atoms with E-state index in [4.69, 9.17) is 16.3 Å². The molecule has 0 unspecified atom stereocenters. The summed E-state index contributed by atoms with van der Waals surface area (Å²) in [5, 5.41) is 4.99. The first-order valence-corrected chi connectivity index (χ1v) is 6.64. The van der Waals surface area contributed by atoms with Crippen LogP contribution in [-0.2, 0) is 0 Å². The molecule has 0 amide bonds. The molecule has 0 radical (unpaired) electrons. The number of ether oxygens (including phenoxy) is 1. The molecule has 2 aromatic carbocycles. The molecule has 0 saturated heterocycles. The van der Waals surface area contributed by atoms with Gasteiger partial charge >= 0.3 is 0 Å². The third kappa shape index (κ3) is 2.83. The maximum Gasteiger partial charge on any atom is 0.165 e. The summed E-state index contributed by atoms with van der Waals surface area (Å²) in [5.74, 6) is 1.51. The van der Waals surface area contributed by atoms with E-state index >= 15 is 0 Å². The fraction of sp³-hybridized carbons (Fsp3) is 0.0625. The van der Waals surface area contributed by atoms with Crippen LogP contribution in [0.1, 0.15) is 5.56 Å². The topological polar surface area (TPSA) is 27.1 Å². The molecule has 1 heterocycles. The first kappa shape index (κ1) is 12.8. The van der Waals surface area contributed by atoms with Crippen LogP contribution in [0.15, 0.2) is 60.9 Å². The van der Waals surface area contributed by atoms with Gasteiger partial charge in [0, 0.05) is 5.02 Å². The fourth-order valence-corrected chi connectivity index (χ4v) is 2.03. The maximum atomic E-state index is 5.87. The molecule has 3 nitrogen and oxygen atoms in total. The van der Waals surface area contributed by atoms with E-state index in [1.54, 1.807) is 10.9 Å². The predicted octanol–water partition coefficient (Wildman–Crippen LogP) is 4.63. The number of aryl methyl sites for hydroxylation is 1. The molecule has 0 aliphatic heterocycles. The molecular formula is C16H13ClN2O. The van der Waals surface area contributed by atoms with Crippen LogP contribution < -0.4 is 4.74 Å². The van der Waals surface area contributed by atoms with E-state index in [1.807, 2.05) is 61.7 Å². The highest BCUT2D eigenvalue weighted by Gasteiger charge is 2.03. The molecule has 0 atom stereocenters. The molecule has 0 saturated carbocycles. The number of aromatic nitrogens is 2. The van der Waals surface area contributed by atoms with Crippen molar-refractivity contribution >= 4 is 11.6 Å². The van der Waals surface area contributed by atoms with Crippen molar-refractivity contribution in [2.75, 3.05) is 0 Å². The Hall–Kier alpha value is -2.26. The summed E-state index contributed by atoms with van der Waals surface area (Å²) in [6.07, 6.45) is 3.53. The summed E-state index contributed by atoms with van der Waals surface area (Å²) in [7, 11) is 0. The Morgan fingerprint density at radius 1 is 1.05 bits per heavy atom. The molecule has 4 heteroatoms. The minimum atomic E-state index is 0.700. The molecule has 0 spiro atoms. The van der Waals surface area contributed by atoms with Gasteiger partial charge in [0.05, 0.1) is 18.1 Å². The second-order valence-corrected chi connectivity index (χ2v) is 4.95. The summed E-state index contributed by atoms with van der Waals surface area (Å²) >= 11 is 5.87. The van der Waals surface area contributed by atoms with Crippen molar-refractivity contribution in [1.82, 2.24) is 9.78 Å². The van der Waals surface area contributed by atoms with Crippen LogP contribution in [0, 0.1) is 6.92 Å². The van der Waals surface area contributed by atoms with Crippen molar-refractivity contribution in [3.05, 3.63) is 71.5 Å². The minimum absolute atomic E-state index is 0.700. The number of benzene rings is 2. The van der Waals surface area contributed by atoms with E-state index in [2.05, 4.69) is 5.10 Å². The number of nitrogens with zero attached hydrogens (tertiary/aromatic N) is 2. The summed E-state index contributed by atoms with van der Waals surface area (Å²) in [4.78, 5) is 0. The molecule has 20 heavy (non-hydrogen) atoms. The maximum absolute atomic E-state index is 5.87. The van der Waals surface area contributed by atoms with Crippen LogP contribution in [0.3, 0.4) is 0 Å². The molecule has 0 N–H and O–H groups in total. The highest BCUT2D eigenvalue weighted by atomic mass is 35.5. The Balaban J connectivity index is 1.82. The standard InChI is InChI=1S/C16H13ClN2O/c1-12-3-2-4-15(9-12)20-16-10-18-19(11-16)14-7-5-13(17)6-8-14/h2-11H,1H3. The van der Waals surface area contributed by atoms with E-state index in [0.717, 1.165) is 17.0 Å². The lowest BCUT2D eigenvalue weighted by atomic mass is 10.2. The van der Waals surface area contributed by atoms with Gasteiger partial charge in [-0.05, 0) is 48.9 Å². The highest BCUT2D eigenvalue weighted by molar-refractivity contribution is 6.30. The Bertz CT molecular complexity index is 719. The average molecular weight is 285 g/mol. The van der Waals surface area contributed by atoms with Crippen molar-refractivity contribution in [3.63, 3.8) is 0 Å². The van der Waals surface area contributed by atoms with Crippen LogP contribution >= 0.6 is 11.6 Å². The van der Waals surface area contributed by atoms with Gasteiger partial charge in [0.1, 0.15) is 5.75 Å².